The van der Waals surface area contributed by atoms with Gasteiger partial charge in [0.05, 0.1) is 6.04 Å². The zero-order chi connectivity index (χ0) is 16.9. The van der Waals surface area contributed by atoms with Gasteiger partial charge in [0, 0.05) is 37.6 Å². The first-order valence-corrected chi connectivity index (χ1v) is 8.24. The summed E-state index contributed by atoms with van der Waals surface area (Å²) in [7, 11) is 0. The van der Waals surface area contributed by atoms with E-state index in [-0.39, 0.29) is 17.8 Å². The Morgan fingerprint density at radius 2 is 1.62 bits per heavy atom. The average molecular weight is 327 g/mol. The smallest absolute Gasteiger partial charge is 0.241 e. The molecule has 4 nitrogen and oxygen atoms in total. The summed E-state index contributed by atoms with van der Waals surface area (Å²) in [6.45, 7) is 5.40. The number of nitrogens with one attached hydrogen (secondary N) is 1. The number of hydrogen-bond acceptors (Lipinski definition) is 3. The van der Waals surface area contributed by atoms with Gasteiger partial charge < -0.3 is 10.2 Å². The van der Waals surface area contributed by atoms with E-state index >= 15 is 0 Å². The fourth-order valence-electron chi connectivity index (χ4n) is 2.95. The van der Waals surface area contributed by atoms with Crippen LogP contribution < -0.4 is 10.2 Å². The Balaban J connectivity index is 1.53. The lowest BCUT2D eigenvalue weighted by Gasteiger charge is -2.38. The number of piperazine rings is 1. The van der Waals surface area contributed by atoms with Gasteiger partial charge in [0.1, 0.15) is 5.82 Å². The molecular weight excluding hydrogens is 305 g/mol. The lowest BCUT2D eigenvalue weighted by molar-refractivity contribution is -0.120. The van der Waals surface area contributed by atoms with Gasteiger partial charge in [-0.2, -0.15) is 0 Å². The van der Waals surface area contributed by atoms with Crippen molar-refractivity contribution >= 4 is 17.3 Å². The molecule has 0 radical (unpaired) electrons. The van der Waals surface area contributed by atoms with E-state index in [4.69, 9.17) is 0 Å². The second kappa shape index (κ2) is 7.45. The van der Waals surface area contributed by atoms with E-state index in [2.05, 4.69) is 27.2 Å². The molecular formula is C19H22FN3O. The van der Waals surface area contributed by atoms with Crippen molar-refractivity contribution < 1.29 is 9.18 Å². The number of anilines is 2. The molecule has 5 heteroatoms. The van der Waals surface area contributed by atoms with Crippen LogP contribution in [-0.4, -0.2) is 43.0 Å². The number of nitrogens with zero attached hydrogens (tertiary/aromatic N) is 2. The molecule has 0 bridgehead atoms. The summed E-state index contributed by atoms with van der Waals surface area (Å²) in [5, 5.41) is 2.85. The first-order valence-electron chi connectivity index (χ1n) is 8.24. The third-order valence-corrected chi connectivity index (χ3v) is 4.47. The molecule has 1 saturated heterocycles. The first-order chi connectivity index (χ1) is 11.6. The highest BCUT2D eigenvalue weighted by Gasteiger charge is 2.25. The predicted molar refractivity (Wildman–Crippen MR) is 94.7 cm³/mol. The number of rotatable bonds is 4. The highest BCUT2D eigenvalue weighted by molar-refractivity contribution is 5.94. The van der Waals surface area contributed by atoms with Crippen LogP contribution in [0.1, 0.15) is 6.92 Å². The van der Waals surface area contributed by atoms with Crippen LogP contribution >= 0.6 is 0 Å². The molecule has 1 aliphatic rings. The monoisotopic (exact) mass is 327 g/mol. The summed E-state index contributed by atoms with van der Waals surface area (Å²) in [6, 6.07) is 16.0. The number of carbonyl (C=O) groups excluding carboxylic acids is 1. The maximum Gasteiger partial charge on any atom is 0.241 e. The zero-order valence-electron chi connectivity index (χ0n) is 13.8. The Kier molecular flexibility index (Phi) is 5.11. The molecule has 2 aromatic carbocycles. The van der Waals surface area contributed by atoms with E-state index in [0.717, 1.165) is 26.2 Å². The van der Waals surface area contributed by atoms with E-state index in [1.54, 1.807) is 12.1 Å². The Morgan fingerprint density at radius 3 is 2.25 bits per heavy atom. The van der Waals surface area contributed by atoms with Gasteiger partial charge in [-0.1, -0.05) is 18.2 Å². The van der Waals surface area contributed by atoms with Crippen LogP contribution in [0.3, 0.4) is 0 Å². The molecule has 1 N–H and O–H groups in total. The number of benzene rings is 2. The standard InChI is InChI=1S/C19H22FN3O/c1-15(19(24)21-17-9-7-16(20)8-10-17)22-11-13-23(14-12-22)18-5-3-2-4-6-18/h2-10,15H,11-14H2,1H3,(H,21,24). The largest absolute Gasteiger partial charge is 0.369 e. The summed E-state index contributed by atoms with van der Waals surface area (Å²) < 4.78 is 12.9. The molecule has 1 amide bonds. The molecule has 1 unspecified atom stereocenters. The van der Waals surface area contributed by atoms with Crippen LogP contribution in [0.15, 0.2) is 54.6 Å². The van der Waals surface area contributed by atoms with Crippen LogP contribution in [0.4, 0.5) is 15.8 Å². The molecule has 0 aromatic heterocycles. The molecule has 126 valence electrons. The van der Waals surface area contributed by atoms with Gasteiger partial charge in [0.15, 0.2) is 0 Å². The number of amides is 1. The fourth-order valence-corrected chi connectivity index (χ4v) is 2.95. The minimum absolute atomic E-state index is 0.0604. The fraction of sp³-hybridized carbons (Fsp3) is 0.316. The summed E-state index contributed by atoms with van der Waals surface area (Å²) >= 11 is 0. The topological polar surface area (TPSA) is 35.6 Å². The van der Waals surface area contributed by atoms with E-state index in [9.17, 15) is 9.18 Å². The Labute approximate surface area is 141 Å². The van der Waals surface area contributed by atoms with E-state index in [1.165, 1.54) is 17.8 Å². The van der Waals surface area contributed by atoms with Crippen LogP contribution in [0, 0.1) is 5.82 Å². The highest BCUT2D eigenvalue weighted by atomic mass is 19.1. The van der Waals surface area contributed by atoms with Crippen molar-refractivity contribution in [3.05, 3.63) is 60.4 Å². The second-order valence-electron chi connectivity index (χ2n) is 6.03. The molecule has 3 rings (SSSR count). The minimum Gasteiger partial charge on any atom is -0.369 e. The lowest BCUT2D eigenvalue weighted by atomic mass is 10.2. The van der Waals surface area contributed by atoms with E-state index in [0.29, 0.717) is 5.69 Å². The zero-order valence-corrected chi connectivity index (χ0v) is 13.8. The van der Waals surface area contributed by atoms with Crippen LogP contribution in [-0.2, 0) is 4.79 Å². The van der Waals surface area contributed by atoms with Gasteiger partial charge in [0.2, 0.25) is 5.91 Å². The third kappa shape index (κ3) is 3.92. The quantitative estimate of drug-likeness (QED) is 0.938. The summed E-state index contributed by atoms with van der Waals surface area (Å²) in [6.07, 6.45) is 0. The normalized spacial score (nSPS) is 16.7. The summed E-state index contributed by atoms with van der Waals surface area (Å²) in [5.41, 5.74) is 1.84. The Hall–Kier alpha value is -2.40. The van der Waals surface area contributed by atoms with Crippen molar-refractivity contribution in [2.24, 2.45) is 0 Å². The molecule has 1 fully saturated rings. The van der Waals surface area contributed by atoms with Gasteiger partial charge in [-0.25, -0.2) is 4.39 Å². The predicted octanol–water partition coefficient (Wildman–Crippen LogP) is 2.97. The SMILES string of the molecule is CC(C(=O)Nc1ccc(F)cc1)N1CCN(c2ccccc2)CC1. The lowest BCUT2D eigenvalue weighted by Crippen LogP contribution is -2.52. The maximum absolute atomic E-state index is 12.9. The van der Waals surface area contributed by atoms with Gasteiger partial charge in [-0.15, -0.1) is 0 Å². The van der Waals surface area contributed by atoms with Crippen LogP contribution in [0.2, 0.25) is 0 Å². The van der Waals surface area contributed by atoms with E-state index in [1.807, 2.05) is 25.1 Å². The summed E-state index contributed by atoms with van der Waals surface area (Å²) in [4.78, 5) is 16.9. The highest BCUT2D eigenvalue weighted by Crippen LogP contribution is 2.17. The van der Waals surface area contributed by atoms with Gasteiger partial charge >= 0.3 is 0 Å². The Bertz CT molecular complexity index is 667. The van der Waals surface area contributed by atoms with Crippen molar-refractivity contribution in [3.8, 4) is 0 Å². The van der Waals surface area contributed by atoms with Gasteiger partial charge in [-0.05, 0) is 43.3 Å². The van der Waals surface area contributed by atoms with Crippen molar-refractivity contribution in [1.82, 2.24) is 4.90 Å². The molecule has 0 spiro atoms. The molecule has 2 aromatic rings. The minimum atomic E-state index is -0.307. The van der Waals surface area contributed by atoms with Crippen molar-refractivity contribution in [3.63, 3.8) is 0 Å². The number of hydrogen-bond donors (Lipinski definition) is 1. The maximum atomic E-state index is 12.9. The van der Waals surface area contributed by atoms with Gasteiger partial charge in [0.25, 0.3) is 0 Å². The van der Waals surface area contributed by atoms with Crippen LogP contribution in [0.5, 0.6) is 0 Å². The van der Waals surface area contributed by atoms with Crippen molar-refractivity contribution in [1.29, 1.82) is 0 Å². The average Bonchev–Trinajstić information content (AvgIpc) is 2.64. The summed E-state index contributed by atoms with van der Waals surface area (Å²) in [5.74, 6) is -0.368. The van der Waals surface area contributed by atoms with Crippen molar-refractivity contribution in [2.45, 2.75) is 13.0 Å². The first kappa shape index (κ1) is 16.5. The molecule has 0 saturated carbocycles. The molecule has 1 heterocycles. The third-order valence-electron chi connectivity index (χ3n) is 4.47. The van der Waals surface area contributed by atoms with Crippen molar-refractivity contribution in [2.75, 3.05) is 36.4 Å². The number of halogens is 1. The molecule has 24 heavy (non-hydrogen) atoms. The Morgan fingerprint density at radius 1 is 1.00 bits per heavy atom. The number of para-hydroxylation sites is 1. The van der Waals surface area contributed by atoms with E-state index < -0.39 is 0 Å². The molecule has 0 aliphatic carbocycles. The van der Waals surface area contributed by atoms with Crippen LogP contribution in [0.25, 0.3) is 0 Å². The molecule has 1 aliphatic heterocycles. The molecule has 1 atom stereocenters. The van der Waals surface area contributed by atoms with Gasteiger partial charge in [-0.3, -0.25) is 9.69 Å². The second-order valence-corrected chi connectivity index (χ2v) is 6.03. The number of carbonyl (C=O) groups is 1.